The summed E-state index contributed by atoms with van der Waals surface area (Å²) in [5, 5.41) is 0. The molecule has 1 saturated heterocycles. The zero-order chi connectivity index (χ0) is 22.1. The minimum absolute atomic E-state index is 0.146. The van der Waals surface area contributed by atoms with Crippen LogP contribution in [0.2, 0.25) is 0 Å². The molecule has 0 aliphatic carbocycles. The summed E-state index contributed by atoms with van der Waals surface area (Å²) in [6, 6.07) is 12.4. The highest BCUT2D eigenvalue weighted by molar-refractivity contribution is 7.89. The summed E-state index contributed by atoms with van der Waals surface area (Å²) in [5.41, 5.74) is 3.88. The largest absolute Gasteiger partial charge is 0.373 e. The van der Waals surface area contributed by atoms with Crippen molar-refractivity contribution in [3.8, 4) is 0 Å². The number of amides is 1. The maximum Gasteiger partial charge on any atom is 0.253 e. The van der Waals surface area contributed by atoms with Crippen molar-refractivity contribution in [3.63, 3.8) is 0 Å². The van der Waals surface area contributed by atoms with Crippen LogP contribution in [-0.2, 0) is 21.3 Å². The molecule has 2 aromatic rings. The molecule has 1 aliphatic rings. The fourth-order valence-corrected chi connectivity index (χ4v) is 5.41. The van der Waals surface area contributed by atoms with Crippen LogP contribution < -0.4 is 0 Å². The normalized spacial score (nSPS) is 20.2. The van der Waals surface area contributed by atoms with Crippen LogP contribution in [0, 0.1) is 13.8 Å². The lowest BCUT2D eigenvalue weighted by Crippen LogP contribution is -2.48. The number of carbonyl (C=O) groups is 1. The molecule has 30 heavy (non-hydrogen) atoms. The number of rotatable bonds is 5. The number of nitrogens with zero attached hydrogens (tertiary/aromatic N) is 2. The van der Waals surface area contributed by atoms with Gasteiger partial charge in [0.1, 0.15) is 0 Å². The zero-order valence-electron chi connectivity index (χ0n) is 18.3. The fraction of sp³-hybridized carbons (Fsp3) is 0.435. The Kier molecular flexibility index (Phi) is 6.65. The van der Waals surface area contributed by atoms with E-state index in [0.717, 1.165) is 11.1 Å². The number of ether oxygens (including phenoxy) is 1. The molecule has 6 nitrogen and oxygen atoms in total. The monoisotopic (exact) mass is 430 g/mol. The Balaban J connectivity index is 1.73. The van der Waals surface area contributed by atoms with Gasteiger partial charge in [-0.3, -0.25) is 4.79 Å². The molecule has 1 fully saturated rings. The van der Waals surface area contributed by atoms with Crippen LogP contribution in [-0.4, -0.2) is 55.9 Å². The van der Waals surface area contributed by atoms with Crippen LogP contribution in [0.4, 0.5) is 0 Å². The van der Waals surface area contributed by atoms with Crippen LogP contribution in [0.3, 0.4) is 0 Å². The first-order chi connectivity index (χ1) is 14.1. The molecule has 1 aliphatic heterocycles. The smallest absolute Gasteiger partial charge is 0.253 e. The lowest BCUT2D eigenvalue weighted by atomic mass is 10.1. The third kappa shape index (κ3) is 4.91. The molecular weight excluding hydrogens is 400 g/mol. The Morgan fingerprint density at radius 3 is 2.23 bits per heavy atom. The van der Waals surface area contributed by atoms with Gasteiger partial charge in [-0.2, -0.15) is 4.31 Å². The molecular formula is C23H30N2O4S. The third-order valence-corrected chi connectivity index (χ3v) is 7.22. The van der Waals surface area contributed by atoms with E-state index >= 15 is 0 Å². The minimum atomic E-state index is -3.62. The first kappa shape index (κ1) is 22.5. The lowest BCUT2D eigenvalue weighted by Gasteiger charge is -2.34. The van der Waals surface area contributed by atoms with E-state index in [1.165, 1.54) is 22.0 Å². The number of sulfonamides is 1. The van der Waals surface area contributed by atoms with E-state index < -0.39 is 10.0 Å². The van der Waals surface area contributed by atoms with E-state index in [0.29, 0.717) is 25.2 Å². The molecule has 0 N–H and O–H groups in total. The molecule has 0 bridgehead atoms. The van der Waals surface area contributed by atoms with Crippen LogP contribution in [0.25, 0.3) is 0 Å². The Hall–Kier alpha value is -2.22. The van der Waals surface area contributed by atoms with Crippen molar-refractivity contribution in [1.29, 1.82) is 0 Å². The van der Waals surface area contributed by atoms with E-state index in [1.807, 2.05) is 39.8 Å². The van der Waals surface area contributed by atoms with Gasteiger partial charge in [0.05, 0.1) is 17.1 Å². The van der Waals surface area contributed by atoms with Gasteiger partial charge in [0.15, 0.2) is 0 Å². The van der Waals surface area contributed by atoms with Gasteiger partial charge >= 0.3 is 0 Å². The second kappa shape index (κ2) is 8.88. The molecule has 2 unspecified atom stereocenters. The van der Waals surface area contributed by atoms with Gasteiger partial charge in [-0.15, -0.1) is 0 Å². The summed E-state index contributed by atoms with van der Waals surface area (Å²) < 4.78 is 33.0. The van der Waals surface area contributed by atoms with Crippen molar-refractivity contribution >= 4 is 15.9 Å². The van der Waals surface area contributed by atoms with Crippen molar-refractivity contribution in [1.82, 2.24) is 9.21 Å². The highest BCUT2D eigenvalue weighted by atomic mass is 32.2. The summed E-state index contributed by atoms with van der Waals surface area (Å²) >= 11 is 0. The molecule has 1 heterocycles. The van der Waals surface area contributed by atoms with Crippen molar-refractivity contribution in [2.24, 2.45) is 0 Å². The molecule has 2 aromatic carbocycles. The van der Waals surface area contributed by atoms with Crippen LogP contribution in [0.15, 0.2) is 47.4 Å². The van der Waals surface area contributed by atoms with E-state index in [-0.39, 0.29) is 23.0 Å². The maximum absolute atomic E-state index is 13.0. The highest BCUT2D eigenvalue weighted by Crippen LogP contribution is 2.22. The highest BCUT2D eigenvalue weighted by Gasteiger charge is 2.32. The molecule has 162 valence electrons. The van der Waals surface area contributed by atoms with Gasteiger partial charge in [0.25, 0.3) is 5.91 Å². The van der Waals surface area contributed by atoms with Gasteiger partial charge in [-0.05, 0) is 63.1 Å². The molecule has 3 rings (SSSR count). The first-order valence-electron chi connectivity index (χ1n) is 10.1. The summed E-state index contributed by atoms with van der Waals surface area (Å²) in [7, 11) is -1.87. The summed E-state index contributed by atoms with van der Waals surface area (Å²) in [4.78, 5) is 14.7. The number of hydrogen-bond donors (Lipinski definition) is 0. The molecule has 1 amide bonds. The summed E-state index contributed by atoms with van der Waals surface area (Å²) in [5.74, 6) is -0.146. The van der Waals surface area contributed by atoms with E-state index in [9.17, 15) is 13.2 Å². The van der Waals surface area contributed by atoms with Crippen molar-refractivity contribution < 1.29 is 17.9 Å². The molecule has 0 spiro atoms. The Morgan fingerprint density at radius 1 is 1.07 bits per heavy atom. The lowest BCUT2D eigenvalue weighted by molar-refractivity contribution is -0.0440. The van der Waals surface area contributed by atoms with Gasteiger partial charge in [-0.25, -0.2) is 8.42 Å². The van der Waals surface area contributed by atoms with Gasteiger partial charge in [0.2, 0.25) is 10.0 Å². The maximum atomic E-state index is 13.0. The molecule has 0 aromatic heterocycles. The van der Waals surface area contributed by atoms with Gasteiger partial charge < -0.3 is 9.64 Å². The second-order valence-corrected chi connectivity index (χ2v) is 10.1. The van der Waals surface area contributed by atoms with Crippen molar-refractivity contribution in [2.45, 2.75) is 51.3 Å². The van der Waals surface area contributed by atoms with Crippen molar-refractivity contribution in [2.75, 3.05) is 20.1 Å². The molecule has 2 atom stereocenters. The second-order valence-electron chi connectivity index (χ2n) is 8.19. The predicted molar refractivity (Wildman–Crippen MR) is 117 cm³/mol. The number of aryl methyl sites for hydroxylation is 2. The average molecular weight is 431 g/mol. The quantitative estimate of drug-likeness (QED) is 0.729. The SMILES string of the molecule is Cc1ccc(CN(C)C(=O)c2ccc(S(=O)(=O)N3CC(C)OC(C)C3)cc2)c(C)c1. The molecule has 0 radical (unpaired) electrons. The van der Waals surface area contributed by atoms with Gasteiger partial charge in [0, 0.05) is 32.2 Å². The fourth-order valence-electron chi connectivity index (χ4n) is 3.82. The Labute approximate surface area is 179 Å². The van der Waals surface area contributed by atoms with E-state index in [1.54, 1.807) is 24.1 Å². The summed E-state index contributed by atoms with van der Waals surface area (Å²) in [6.07, 6.45) is -0.300. The molecule has 0 saturated carbocycles. The molecule has 7 heteroatoms. The zero-order valence-corrected chi connectivity index (χ0v) is 19.1. The predicted octanol–water partition coefficient (Wildman–Crippen LogP) is 3.37. The van der Waals surface area contributed by atoms with Crippen LogP contribution >= 0.6 is 0 Å². The van der Waals surface area contributed by atoms with Crippen molar-refractivity contribution in [3.05, 3.63) is 64.7 Å². The van der Waals surface area contributed by atoms with Crippen LogP contribution in [0.5, 0.6) is 0 Å². The Morgan fingerprint density at radius 2 is 1.67 bits per heavy atom. The minimum Gasteiger partial charge on any atom is -0.373 e. The number of benzene rings is 2. The average Bonchev–Trinajstić information content (AvgIpc) is 2.69. The number of carbonyl (C=O) groups excluding carboxylic acids is 1. The topological polar surface area (TPSA) is 66.9 Å². The first-order valence-corrected chi connectivity index (χ1v) is 11.6. The van der Waals surface area contributed by atoms with E-state index in [4.69, 9.17) is 4.74 Å². The number of morpholine rings is 1. The summed E-state index contributed by atoms with van der Waals surface area (Å²) in [6.45, 7) is 8.96. The third-order valence-electron chi connectivity index (χ3n) is 5.38. The number of hydrogen-bond acceptors (Lipinski definition) is 4. The Bertz CT molecular complexity index is 1010. The van der Waals surface area contributed by atoms with Gasteiger partial charge in [-0.1, -0.05) is 23.8 Å². The van der Waals surface area contributed by atoms with E-state index in [2.05, 4.69) is 6.07 Å². The van der Waals surface area contributed by atoms with Crippen LogP contribution in [0.1, 0.15) is 40.9 Å². The standard InChI is InChI=1S/C23H30N2O4S/c1-16-6-7-21(17(2)12-16)15-24(5)23(26)20-8-10-22(11-9-20)30(27,28)25-13-18(3)29-19(4)14-25/h6-12,18-19H,13-15H2,1-5H3.